The maximum absolute atomic E-state index is 4.57. The summed E-state index contributed by atoms with van der Waals surface area (Å²) in [6.07, 6.45) is 2.11. The highest BCUT2D eigenvalue weighted by Crippen LogP contribution is 2.23. The summed E-state index contributed by atoms with van der Waals surface area (Å²) in [4.78, 5) is 15.5. The first-order valence-corrected chi connectivity index (χ1v) is 8.95. The second-order valence-electron chi connectivity index (χ2n) is 6.02. The summed E-state index contributed by atoms with van der Waals surface area (Å²) in [6, 6.07) is 0.138. The summed E-state index contributed by atoms with van der Waals surface area (Å²) in [6.45, 7) is 3.51. The third-order valence-corrected chi connectivity index (χ3v) is 4.93. The number of guanidine groups is 1. The van der Waals surface area contributed by atoms with Gasteiger partial charge in [-0.25, -0.2) is 14.6 Å². The highest BCUT2D eigenvalue weighted by molar-refractivity contribution is 14.0. The van der Waals surface area contributed by atoms with Gasteiger partial charge in [-0.1, -0.05) is 0 Å². The third-order valence-electron chi connectivity index (χ3n) is 3.87. The fraction of sp³-hybridized carbons (Fsp3) is 0.600. The maximum atomic E-state index is 4.57. The van der Waals surface area contributed by atoms with Gasteiger partial charge in [-0.15, -0.1) is 35.3 Å². The monoisotopic (exact) mass is 476 g/mol. The van der Waals surface area contributed by atoms with Crippen LogP contribution in [-0.2, 0) is 13.1 Å². The van der Waals surface area contributed by atoms with Gasteiger partial charge in [-0.05, 0) is 19.8 Å². The van der Waals surface area contributed by atoms with Crippen molar-refractivity contribution in [2.24, 2.45) is 4.99 Å². The topological polar surface area (TPSA) is 83.3 Å². The number of hydrogen-bond donors (Lipinski definition) is 2. The van der Waals surface area contributed by atoms with Gasteiger partial charge in [0, 0.05) is 33.1 Å². The lowest BCUT2D eigenvalue weighted by Gasteiger charge is -2.24. The van der Waals surface area contributed by atoms with Gasteiger partial charge in [0.05, 0.1) is 18.3 Å². The van der Waals surface area contributed by atoms with Gasteiger partial charge < -0.3 is 15.5 Å². The van der Waals surface area contributed by atoms with Crippen LogP contribution < -0.4 is 15.5 Å². The molecule has 0 saturated carbocycles. The van der Waals surface area contributed by atoms with E-state index in [0.717, 1.165) is 47.8 Å². The number of aliphatic imine (C=N–C) groups is 1. The van der Waals surface area contributed by atoms with Crippen LogP contribution in [0, 0.1) is 6.92 Å². The minimum Gasteiger partial charge on any atom is -0.354 e. The second-order valence-corrected chi connectivity index (χ2v) is 6.86. The number of thiazole rings is 1. The summed E-state index contributed by atoms with van der Waals surface area (Å²) >= 11 is 1.64. The summed E-state index contributed by atoms with van der Waals surface area (Å²) in [7, 11) is 5.77. The number of aryl methyl sites for hydroxylation is 2. The summed E-state index contributed by atoms with van der Waals surface area (Å²) in [5.41, 5.74) is 1.01. The number of anilines is 1. The van der Waals surface area contributed by atoms with E-state index in [1.165, 1.54) is 0 Å². The Morgan fingerprint density at radius 2 is 2.24 bits per heavy atom. The lowest BCUT2D eigenvalue weighted by molar-refractivity contribution is 0.397. The first-order chi connectivity index (χ1) is 11.6. The third kappa shape index (κ3) is 4.81. The number of nitrogens with one attached hydrogen (secondary N) is 2. The van der Waals surface area contributed by atoms with Crippen LogP contribution in [0.25, 0.3) is 0 Å². The molecule has 0 fully saturated rings. The van der Waals surface area contributed by atoms with Gasteiger partial charge in [0.15, 0.2) is 11.1 Å². The van der Waals surface area contributed by atoms with E-state index in [1.807, 2.05) is 30.6 Å². The van der Waals surface area contributed by atoms with Crippen molar-refractivity contribution >= 4 is 46.4 Å². The predicted molar refractivity (Wildman–Crippen MR) is 112 cm³/mol. The fourth-order valence-electron chi connectivity index (χ4n) is 2.72. The molecule has 138 valence electrons. The van der Waals surface area contributed by atoms with E-state index in [4.69, 9.17) is 0 Å². The molecule has 2 aromatic rings. The van der Waals surface area contributed by atoms with Crippen LogP contribution in [0.3, 0.4) is 0 Å². The molecule has 0 saturated heterocycles. The molecule has 0 aromatic carbocycles. The molecule has 0 bridgehead atoms. The minimum atomic E-state index is 0. The van der Waals surface area contributed by atoms with Crippen molar-refractivity contribution in [3.63, 3.8) is 0 Å². The molecule has 0 radical (unpaired) electrons. The molecule has 1 unspecified atom stereocenters. The van der Waals surface area contributed by atoms with E-state index >= 15 is 0 Å². The lowest BCUT2D eigenvalue weighted by atomic mass is 10.1. The SMILES string of the molecule is CN=C(NCc1csc(N(C)C)n1)NC1CCCn2nc(C)nc21.I. The first-order valence-electron chi connectivity index (χ1n) is 8.07. The molecule has 1 atom stereocenters. The molecule has 3 heterocycles. The van der Waals surface area contributed by atoms with Gasteiger partial charge in [0.2, 0.25) is 0 Å². The van der Waals surface area contributed by atoms with Gasteiger partial charge >= 0.3 is 0 Å². The van der Waals surface area contributed by atoms with Crippen molar-refractivity contribution in [3.05, 3.63) is 22.7 Å². The Balaban J connectivity index is 0.00000225. The van der Waals surface area contributed by atoms with Crippen LogP contribution in [0.4, 0.5) is 5.13 Å². The summed E-state index contributed by atoms with van der Waals surface area (Å²) in [5, 5.41) is 14.3. The van der Waals surface area contributed by atoms with Crippen LogP contribution in [-0.4, -0.2) is 46.9 Å². The summed E-state index contributed by atoms with van der Waals surface area (Å²) < 4.78 is 1.99. The molecule has 2 N–H and O–H groups in total. The van der Waals surface area contributed by atoms with Gasteiger partial charge in [-0.2, -0.15) is 5.10 Å². The molecule has 10 heteroatoms. The number of hydrogen-bond acceptors (Lipinski definition) is 6. The van der Waals surface area contributed by atoms with E-state index in [9.17, 15) is 0 Å². The van der Waals surface area contributed by atoms with Crippen LogP contribution in [0.5, 0.6) is 0 Å². The zero-order valence-corrected chi connectivity index (χ0v) is 18.1. The quantitative estimate of drug-likeness (QED) is 0.399. The van der Waals surface area contributed by atoms with Gasteiger partial charge in [-0.3, -0.25) is 4.99 Å². The highest BCUT2D eigenvalue weighted by atomic mass is 127. The van der Waals surface area contributed by atoms with Crippen LogP contribution in [0.15, 0.2) is 10.4 Å². The molecule has 0 spiro atoms. The second kappa shape index (κ2) is 8.79. The molecule has 3 rings (SSSR count). The minimum absolute atomic E-state index is 0. The maximum Gasteiger partial charge on any atom is 0.191 e. The van der Waals surface area contributed by atoms with Crippen LogP contribution in [0.2, 0.25) is 0 Å². The number of rotatable bonds is 4. The molecule has 1 aliphatic rings. The van der Waals surface area contributed by atoms with E-state index in [2.05, 4.69) is 36.1 Å². The number of aromatic nitrogens is 4. The van der Waals surface area contributed by atoms with Gasteiger partial charge in [0.1, 0.15) is 11.6 Å². The Morgan fingerprint density at radius 3 is 2.92 bits per heavy atom. The van der Waals surface area contributed by atoms with E-state index < -0.39 is 0 Å². The molecular formula is C15H25IN8S. The van der Waals surface area contributed by atoms with E-state index in [-0.39, 0.29) is 30.0 Å². The Kier molecular flexibility index (Phi) is 6.99. The molecule has 2 aromatic heterocycles. The Hall–Kier alpha value is -1.43. The summed E-state index contributed by atoms with van der Waals surface area (Å²) in [5.74, 6) is 2.57. The van der Waals surface area contributed by atoms with E-state index in [1.54, 1.807) is 18.4 Å². The fourth-order valence-corrected chi connectivity index (χ4v) is 3.48. The Morgan fingerprint density at radius 1 is 1.44 bits per heavy atom. The highest BCUT2D eigenvalue weighted by Gasteiger charge is 2.24. The Bertz CT molecular complexity index is 723. The first kappa shape index (κ1) is 19.9. The number of fused-ring (bicyclic) bond motifs is 1. The molecular weight excluding hydrogens is 451 g/mol. The molecule has 8 nitrogen and oxygen atoms in total. The van der Waals surface area contributed by atoms with Crippen LogP contribution >= 0.6 is 35.3 Å². The molecule has 25 heavy (non-hydrogen) atoms. The normalized spacial score (nSPS) is 16.8. The zero-order chi connectivity index (χ0) is 17.1. The standard InChI is InChI=1S/C15H24N8S.HI/c1-10-18-13-12(6-5-7-23(13)21-10)20-14(16-2)17-8-11-9-24-15(19-11)22(3)4;/h9,12H,5-8H2,1-4H3,(H2,16,17,20);1H. The lowest BCUT2D eigenvalue weighted by Crippen LogP contribution is -2.41. The van der Waals surface area contributed by atoms with Crippen LogP contribution in [0.1, 0.15) is 36.2 Å². The van der Waals surface area contributed by atoms with Crippen molar-refractivity contribution in [2.45, 2.75) is 38.9 Å². The van der Waals surface area contributed by atoms with Crippen molar-refractivity contribution in [2.75, 3.05) is 26.0 Å². The number of halogens is 1. The largest absolute Gasteiger partial charge is 0.354 e. The average Bonchev–Trinajstić information content (AvgIpc) is 3.17. The van der Waals surface area contributed by atoms with Crippen molar-refractivity contribution < 1.29 is 0 Å². The predicted octanol–water partition coefficient (Wildman–Crippen LogP) is 1.93. The molecule has 1 aliphatic heterocycles. The average molecular weight is 476 g/mol. The van der Waals surface area contributed by atoms with E-state index in [0.29, 0.717) is 6.54 Å². The van der Waals surface area contributed by atoms with Crippen molar-refractivity contribution in [3.8, 4) is 0 Å². The van der Waals surface area contributed by atoms with Crippen molar-refractivity contribution in [1.82, 2.24) is 30.4 Å². The zero-order valence-electron chi connectivity index (χ0n) is 15.0. The number of nitrogens with zero attached hydrogens (tertiary/aromatic N) is 6. The smallest absolute Gasteiger partial charge is 0.191 e. The van der Waals surface area contributed by atoms with Gasteiger partial charge in [0.25, 0.3) is 0 Å². The molecule has 0 aliphatic carbocycles. The van der Waals surface area contributed by atoms with Crippen molar-refractivity contribution in [1.29, 1.82) is 0 Å². The Labute approximate surface area is 169 Å². The molecule has 0 amide bonds.